The van der Waals surface area contributed by atoms with Crippen LogP contribution in [0.25, 0.3) is 93.9 Å². The lowest BCUT2D eigenvalue weighted by Gasteiger charge is -2.10. The molecule has 8 aromatic carbocycles. The van der Waals surface area contributed by atoms with E-state index in [0.29, 0.717) is 10.9 Å². The van der Waals surface area contributed by atoms with Crippen LogP contribution in [0.4, 0.5) is 13.2 Å². The average molecular weight is 737 g/mol. The van der Waals surface area contributed by atoms with E-state index in [0.717, 1.165) is 71.9 Å². The summed E-state index contributed by atoms with van der Waals surface area (Å²) in [6.45, 7) is 0. The van der Waals surface area contributed by atoms with Gasteiger partial charge in [0.1, 0.15) is 11.2 Å². The maximum atomic E-state index is 14.0. The smallest absolute Gasteiger partial charge is 0.416 e. The molecule has 0 radical (unpaired) electrons. The third-order valence-electron chi connectivity index (χ3n) is 10.4. The molecule has 10 rings (SSSR count). The Kier molecular flexibility index (Phi) is 8.76. The van der Waals surface area contributed by atoms with Crippen molar-refractivity contribution in [1.82, 2.24) is 4.57 Å². The van der Waals surface area contributed by atoms with Crippen LogP contribution in [-0.4, -0.2) is 11.6 Å². The standard InChI is InChI=1S/C49H30F3NO.CH5N/c50-49(51,52)39-19-22-46-42(29-39)41-27-37(32-11-5-2-6-12-32)17-21-45(41)53(46)40-20-24-48-44(30-40)43-28-38(18-23-47(43)54-48)36-16-8-15-35(26-36)34-14-7-13-33(25-34)31-9-3-1-4-10-31;1-2/h1-30H;2H2,1H3. The highest BCUT2D eigenvalue weighted by atomic mass is 19.4. The van der Waals surface area contributed by atoms with Crippen LogP contribution in [0.5, 0.6) is 0 Å². The summed E-state index contributed by atoms with van der Waals surface area (Å²) in [5, 5.41) is 3.20. The number of aromatic nitrogens is 1. The van der Waals surface area contributed by atoms with E-state index in [1.165, 1.54) is 30.3 Å². The molecule has 272 valence electrons. The minimum Gasteiger partial charge on any atom is -0.456 e. The Labute approximate surface area is 321 Å². The molecule has 0 spiro atoms. The SMILES string of the molecule is CN.FC(F)(F)c1ccc2c(c1)c1cc(-c3ccccc3)ccc1n2-c1ccc2oc3ccc(-c4cccc(-c5cccc(-c6ccccc6)c5)c4)cc3c2c1. The fourth-order valence-electron chi connectivity index (χ4n) is 7.76. The third kappa shape index (κ3) is 6.20. The second-order valence-electron chi connectivity index (χ2n) is 13.7. The average Bonchev–Trinajstić information content (AvgIpc) is 3.79. The van der Waals surface area contributed by atoms with Gasteiger partial charge in [-0.05, 0) is 124 Å². The number of nitrogens with two attached hydrogens (primary N) is 1. The van der Waals surface area contributed by atoms with Crippen LogP contribution in [0.1, 0.15) is 5.56 Å². The monoisotopic (exact) mass is 736 g/mol. The molecule has 0 atom stereocenters. The molecular formula is C50H35F3N2O. The van der Waals surface area contributed by atoms with Gasteiger partial charge in [0, 0.05) is 27.2 Å². The molecule has 0 fully saturated rings. The normalized spacial score (nSPS) is 11.7. The van der Waals surface area contributed by atoms with Crippen LogP contribution in [0, 0.1) is 0 Å². The molecule has 0 amide bonds. The second-order valence-corrected chi connectivity index (χ2v) is 13.7. The first kappa shape index (κ1) is 34.9. The van der Waals surface area contributed by atoms with Gasteiger partial charge >= 0.3 is 6.18 Å². The Balaban J connectivity index is 0.00000202. The molecule has 56 heavy (non-hydrogen) atoms. The van der Waals surface area contributed by atoms with Crippen LogP contribution in [-0.2, 0) is 6.18 Å². The minimum atomic E-state index is -4.46. The quantitative estimate of drug-likeness (QED) is 0.191. The Morgan fingerprint density at radius 3 is 1.41 bits per heavy atom. The molecule has 2 heterocycles. The summed E-state index contributed by atoms with van der Waals surface area (Å²) in [6.07, 6.45) is -4.46. The zero-order chi connectivity index (χ0) is 38.4. The summed E-state index contributed by atoms with van der Waals surface area (Å²) in [5.41, 5.74) is 16.4. The minimum absolute atomic E-state index is 0.547. The van der Waals surface area contributed by atoms with Crippen molar-refractivity contribution in [3.63, 3.8) is 0 Å². The molecule has 0 bridgehead atoms. The molecule has 0 aliphatic carbocycles. The van der Waals surface area contributed by atoms with E-state index in [4.69, 9.17) is 4.42 Å². The first-order valence-electron chi connectivity index (χ1n) is 18.4. The van der Waals surface area contributed by atoms with Gasteiger partial charge in [-0.25, -0.2) is 0 Å². The third-order valence-corrected chi connectivity index (χ3v) is 10.4. The van der Waals surface area contributed by atoms with Gasteiger partial charge < -0.3 is 14.7 Å². The Bertz CT molecular complexity index is 3030. The molecule has 10 aromatic rings. The molecule has 0 aliphatic heterocycles. The molecular weight excluding hydrogens is 702 g/mol. The van der Waals surface area contributed by atoms with Crippen molar-refractivity contribution in [1.29, 1.82) is 0 Å². The van der Waals surface area contributed by atoms with E-state index in [-0.39, 0.29) is 0 Å². The van der Waals surface area contributed by atoms with Gasteiger partial charge in [0.2, 0.25) is 0 Å². The fourth-order valence-corrected chi connectivity index (χ4v) is 7.76. The van der Waals surface area contributed by atoms with E-state index >= 15 is 0 Å². The highest BCUT2D eigenvalue weighted by Gasteiger charge is 2.31. The summed E-state index contributed by atoms with van der Waals surface area (Å²) in [7, 11) is 1.50. The van der Waals surface area contributed by atoms with Gasteiger partial charge in [0.05, 0.1) is 16.6 Å². The van der Waals surface area contributed by atoms with Crippen LogP contribution in [0.15, 0.2) is 186 Å². The zero-order valence-corrected chi connectivity index (χ0v) is 30.4. The van der Waals surface area contributed by atoms with E-state index in [1.54, 1.807) is 6.07 Å². The van der Waals surface area contributed by atoms with Gasteiger partial charge in [0.15, 0.2) is 0 Å². The van der Waals surface area contributed by atoms with Crippen LogP contribution in [0.3, 0.4) is 0 Å². The molecule has 0 unspecified atom stereocenters. The predicted molar refractivity (Wildman–Crippen MR) is 225 cm³/mol. The van der Waals surface area contributed by atoms with Gasteiger partial charge in [-0.1, -0.05) is 109 Å². The van der Waals surface area contributed by atoms with E-state index < -0.39 is 11.7 Å². The van der Waals surface area contributed by atoms with Crippen molar-refractivity contribution in [2.24, 2.45) is 5.73 Å². The topological polar surface area (TPSA) is 44.1 Å². The van der Waals surface area contributed by atoms with Crippen molar-refractivity contribution in [2.45, 2.75) is 6.18 Å². The highest BCUT2D eigenvalue weighted by Crippen LogP contribution is 2.41. The molecule has 0 saturated carbocycles. The number of benzene rings is 8. The molecule has 0 saturated heterocycles. The van der Waals surface area contributed by atoms with Gasteiger partial charge in [-0.2, -0.15) is 13.2 Å². The number of fused-ring (bicyclic) bond motifs is 6. The number of hydrogen-bond donors (Lipinski definition) is 1. The Morgan fingerprint density at radius 2 is 0.821 bits per heavy atom. The lowest BCUT2D eigenvalue weighted by atomic mass is 9.96. The fraction of sp³-hybridized carbons (Fsp3) is 0.0400. The van der Waals surface area contributed by atoms with E-state index in [1.807, 2.05) is 72.8 Å². The highest BCUT2D eigenvalue weighted by molar-refractivity contribution is 6.12. The lowest BCUT2D eigenvalue weighted by molar-refractivity contribution is -0.137. The molecule has 2 N–H and O–H groups in total. The summed E-state index contributed by atoms with van der Waals surface area (Å²) >= 11 is 0. The molecule has 2 aromatic heterocycles. The van der Waals surface area contributed by atoms with Crippen molar-refractivity contribution in [3.8, 4) is 50.2 Å². The number of furan rings is 1. The molecule has 3 nitrogen and oxygen atoms in total. The summed E-state index contributed by atoms with van der Waals surface area (Å²) in [5.74, 6) is 0. The Morgan fingerprint density at radius 1 is 0.393 bits per heavy atom. The predicted octanol–water partition coefficient (Wildman–Crippen LogP) is 13.9. The van der Waals surface area contributed by atoms with Gasteiger partial charge in [-0.3, -0.25) is 0 Å². The summed E-state index contributed by atoms with van der Waals surface area (Å²) in [4.78, 5) is 0. The first-order valence-corrected chi connectivity index (χ1v) is 18.4. The lowest BCUT2D eigenvalue weighted by Crippen LogP contribution is -2.04. The van der Waals surface area contributed by atoms with E-state index in [9.17, 15) is 13.2 Å². The number of hydrogen-bond acceptors (Lipinski definition) is 2. The zero-order valence-electron chi connectivity index (χ0n) is 30.4. The number of halogens is 3. The largest absolute Gasteiger partial charge is 0.456 e. The van der Waals surface area contributed by atoms with Crippen molar-refractivity contribution in [2.75, 3.05) is 7.05 Å². The van der Waals surface area contributed by atoms with Crippen LogP contribution < -0.4 is 5.73 Å². The maximum Gasteiger partial charge on any atom is 0.416 e. The Hall–Kier alpha value is -6.89. The van der Waals surface area contributed by atoms with Gasteiger partial charge in [0.25, 0.3) is 0 Å². The van der Waals surface area contributed by atoms with Crippen LogP contribution in [0.2, 0.25) is 0 Å². The summed E-state index contributed by atoms with van der Waals surface area (Å²) in [6, 6.07) is 59.7. The number of alkyl halides is 3. The number of nitrogens with zero attached hydrogens (tertiary/aromatic N) is 1. The van der Waals surface area contributed by atoms with Gasteiger partial charge in [-0.15, -0.1) is 0 Å². The summed E-state index contributed by atoms with van der Waals surface area (Å²) < 4.78 is 50.4. The van der Waals surface area contributed by atoms with E-state index in [2.05, 4.69) is 101 Å². The van der Waals surface area contributed by atoms with Crippen molar-refractivity contribution < 1.29 is 17.6 Å². The number of rotatable bonds is 5. The molecule has 0 aliphatic rings. The van der Waals surface area contributed by atoms with Crippen molar-refractivity contribution in [3.05, 3.63) is 188 Å². The second kappa shape index (κ2) is 14.1. The molecule has 6 heteroatoms. The van der Waals surface area contributed by atoms with Crippen molar-refractivity contribution >= 4 is 43.7 Å². The maximum absolute atomic E-state index is 14.0. The van der Waals surface area contributed by atoms with Crippen LogP contribution >= 0.6 is 0 Å². The first-order chi connectivity index (χ1) is 27.4.